The van der Waals surface area contributed by atoms with Crippen LogP contribution in [0.3, 0.4) is 0 Å². The van der Waals surface area contributed by atoms with E-state index in [2.05, 4.69) is 23.2 Å². The van der Waals surface area contributed by atoms with Crippen molar-refractivity contribution in [3.63, 3.8) is 0 Å². The smallest absolute Gasteiger partial charge is 0.330 e. The van der Waals surface area contributed by atoms with Crippen LogP contribution in [0.4, 0.5) is 0 Å². The number of aliphatic imine (C=N–C) groups is 1. The fourth-order valence-electron chi connectivity index (χ4n) is 1.81. The summed E-state index contributed by atoms with van der Waals surface area (Å²) in [7, 11) is 0. The number of fused-ring (bicyclic) bond motifs is 1. The van der Waals surface area contributed by atoms with E-state index in [-0.39, 0.29) is 5.97 Å². The Morgan fingerprint density at radius 1 is 1.26 bits per heavy atom. The van der Waals surface area contributed by atoms with Crippen molar-refractivity contribution in [2.75, 3.05) is 6.61 Å². The monoisotopic (exact) mass is 255 g/mol. The molecule has 19 heavy (non-hydrogen) atoms. The summed E-state index contributed by atoms with van der Waals surface area (Å²) in [6.07, 6.45) is 1.72. The number of rotatable bonds is 4. The lowest BCUT2D eigenvalue weighted by Gasteiger charge is -2.05. The Morgan fingerprint density at radius 2 is 2.00 bits per heavy atom. The second kappa shape index (κ2) is 6.14. The van der Waals surface area contributed by atoms with E-state index < -0.39 is 6.04 Å². The third kappa shape index (κ3) is 3.41. The molecule has 0 heterocycles. The lowest BCUT2D eigenvalue weighted by molar-refractivity contribution is -0.144. The maximum absolute atomic E-state index is 11.4. The van der Waals surface area contributed by atoms with E-state index >= 15 is 0 Å². The van der Waals surface area contributed by atoms with Gasteiger partial charge in [0.2, 0.25) is 0 Å². The Labute approximate surface area is 112 Å². The minimum Gasteiger partial charge on any atom is -0.464 e. The van der Waals surface area contributed by atoms with Crippen LogP contribution < -0.4 is 0 Å². The summed E-state index contributed by atoms with van der Waals surface area (Å²) in [4.78, 5) is 15.7. The molecule has 0 aliphatic rings. The maximum atomic E-state index is 11.4. The van der Waals surface area contributed by atoms with E-state index in [4.69, 9.17) is 4.74 Å². The number of carbonyl (C=O) groups excluding carboxylic acids is 1. The lowest BCUT2D eigenvalue weighted by atomic mass is 10.1. The first kappa shape index (κ1) is 13.3. The topological polar surface area (TPSA) is 38.7 Å². The van der Waals surface area contributed by atoms with Gasteiger partial charge in [-0.15, -0.1) is 0 Å². The van der Waals surface area contributed by atoms with Crippen molar-refractivity contribution in [2.45, 2.75) is 19.9 Å². The molecule has 3 nitrogen and oxygen atoms in total. The quantitative estimate of drug-likeness (QED) is 0.621. The van der Waals surface area contributed by atoms with Crippen LogP contribution in [0.1, 0.15) is 19.4 Å². The molecule has 2 aromatic rings. The molecule has 2 rings (SSSR count). The molecule has 0 amide bonds. The molecule has 0 radical (unpaired) electrons. The van der Waals surface area contributed by atoms with Crippen LogP contribution in [0, 0.1) is 0 Å². The van der Waals surface area contributed by atoms with E-state index in [0.29, 0.717) is 6.61 Å². The molecule has 1 atom stereocenters. The Kier molecular flexibility index (Phi) is 4.29. The average Bonchev–Trinajstić information content (AvgIpc) is 2.44. The number of esters is 1. The highest BCUT2D eigenvalue weighted by atomic mass is 16.5. The number of carbonyl (C=O) groups is 1. The first-order valence-electron chi connectivity index (χ1n) is 6.39. The molecule has 2 aromatic carbocycles. The Morgan fingerprint density at radius 3 is 2.74 bits per heavy atom. The van der Waals surface area contributed by atoms with E-state index in [0.717, 1.165) is 10.9 Å². The molecule has 0 spiro atoms. The molecular weight excluding hydrogens is 238 g/mol. The predicted molar refractivity (Wildman–Crippen MR) is 77.6 cm³/mol. The number of ether oxygens (including phenoxy) is 1. The fourth-order valence-corrected chi connectivity index (χ4v) is 1.81. The van der Waals surface area contributed by atoms with Gasteiger partial charge < -0.3 is 4.74 Å². The molecule has 0 fully saturated rings. The maximum Gasteiger partial charge on any atom is 0.330 e. The van der Waals surface area contributed by atoms with Crippen molar-refractivity contribution in [3.05, 3.63) is 48.0 Å². The molecule has 98 valence electrons. The first-order valence-corrected chi connectivity index (χ1v) is 6.39. The van der Waals surface area contributed by atoms with Gasteiger partial charge in [-0.1, -0.05) is 36.4 Å². The zero-order valence-electron chi connectivity index (χ0n) is 11.2. The number of hydrogen-bond donors (Lipinski definition) is 0. The van der Waals surface area contributed by atoms with Gasteiger partial charge in [0, 0.05) is 6.21 Å². The minimum atomic E-state index is -0.466. The number of hydrogen-bond acceptors (Lipinski definition) is 3. The van der Waals surface area contributed by atoms with Crippen LogP contribution in [-0.4, -0.2) is 24.8 Å². The van der Waals surface area contributed by atoms with Gasteiger partial charge in [0.05, 0.1) is 6.61 Å². The number of nitrogens with zero attached hydrogens (tertiary/aromatic N) is 1. The van der Waals surface area contributed by atoms with Crippen molar-refractivity contribution in [1.82, 2.24) is 0 Å². The van der Waals surface area contributed by atoms with Gasteiger partial charge in [0.1, 0.15) is 6.04 Å². The van der Waals surface area contributed by atoms with Crippen LogP contribution in [0.25, 0.3) is 10.8 Å². The summed E-state index contributed by atoms with van der Waals surface area (Å²) >= 11 is 0. The van der Waals surface area contributed by atoms with Crippen molar-refractivity contribution in [2.24, 2.45) is 4.99 Å². The van der Waals surface area contributed by atoms with Crippen LogP contribution in [0.2, 0.25) is 0 Å². The zero-order chi connectivity index (χ0) is 13.7. The van der Waals surface area contributed by atoms with Gasteiger partial charge >= 0.3 is 5.97 Å². The Balaban J connectivity index is 2.14. The number of benzene rings is 2. The van der Waals surface area contributed by atoms with Gasteiger partial charge in [-0.3, -0.25) is 4.99 Å². The van der Waals surface area contributed by atoms with Gasteiger partial charge in [-0.25, -0.2) is 4.79 Å². The highest BCUT2D eigenvalue weighted by Gasteiger charge is 2.10. The first-order chi connectivity index (χ1) is 9.20. The van der Waals surface area contributed by atoms with E-state index in [1.807, 2.05) is 24.3 Å². The average molecular weight is 255 g/mol. The summed E-state index contributed by atoms with van der Waals surface area (Å²) < 4.78 is 4.91. The van der Waals surface area contributed by atoms with Gasteiger partial charge in [0.25, 0.3) is 0 Å². The Bertz CT molecular complexity index is 604. The van der Waals surface area contributed by atoms with Gasteiger partial charge in [0.15, 0.2) is 0 Å². The second-order valence-corrected chi connectivity index (χ2v) is 4.31. The van der Waals surface area contributed by atoms with Crippen LogP contribution >= 0.6 is 0 Å². The summed E-state index contributed by atoms with van der Waals surface area (Å²) in [5, 5.41) is 2.35. The minimum absolute atomic E-state index is 0.292. The third-order valence-corrected chi connectivity index (χ3v) is 2.85. The molecule has 0 saturated heterocycles. The standard InChI is InChI=1S/C16H17NO2/c1-3-19-16(18)12(2)17-11-13-8-9-14-6-4-5-7-15(14)10-13/h4-12H,3H2,1-2H3. The largest absolute Gasteiger partial charge is 0.464 e. The molecule has 1 unspecified atom stereocenters. The van der Waals surface area contributed by atoms with E-state index in [9.17, 15) is 4.79 Å². The van der Waals surface area contributed by atoms with Crippen LogP contribution in [0.15, 0.2) is 47.5 Å². The highest BCUT2D eigenvalue weighted by Crippen LogP contribution is 2.14. The van der Waals surface area contributed by atoms with Crippen molar-refractivity contribution in [1.29, 1.82) is 0 Å². The summed E-state index contributed by atoms with van der Waals surface area (Å²) in [5.41, 5.74) is 0.981. The van der Waals surface area contributed by atoms with Crippen molar-refractivity contribution in [3.8, 4) is 0 Å². The third-order valence-electron chi connectivity index (χ3n) is 2.85. The van der Waals surface area contributed by atoms with Crippen LogP contribution in [0.5, 0.6) is 0 Å². The lowest BCUT2D eigenvalue weighted by Crippen LogP contribution is -2.18. The molecule has 0 saturated carbocycles. The van der Waals surface area contributed by atoms with Gasteiger partial charge in [-0.05, 0) is 36.2 Å². The highest BCUT2D eigenvalue weighted by molar-refractivity contribution is 5.91. The second-order valence-electron chi connectivity index (χ2n) is 4.31. The fraction of sp³-hybridized carbons (Fsp3) is 0.250. The molecule has 0 N–H and O–H groups in total. The normalized spacial score (nSPS) is 12.7. The van der Waals surface area contributed by atoms with Crippen molar-refractivity contribution >= 4 is 23.0 Å². The SMILES string of the molecule is CCOC(=O)C(C)N=Cc1ccc2ccccc2c1. The van der Waals surface area contributed by atoms with E-state index in [1.165, 1.54) is 5.39 Å². The molecule has 0 aliphatic heterocycles. The summed E-state index contributed by atoms with van der Waals surface area (Å²) in [6, 6.07) is 13.8. The van der Waals surface area contributed by atoms with Crippen LogP contribution in [-0.2, 0) is 9.53 Å². The predicted octanol–water partition coefficient (Wildman–Crippen LogP) is 3.21. The molecular formula is C16H17NO2. The molecule has 0 bridgehead atoms. The summed E-state index contributed by atoms with van der Waals surface area (Å²) in [5.74, 6) is -0.292. The van der Waals surface area contributed by atoms with E-state index in [1.54, 1.807) is 20.1 Å². The van der Waals surface area contributed by atoms with Gasteiger partial charge in [-0.2, -0.15) is 0 Å². The zero-order valence-corrected chi connectivity index (χ0v) is 11.2. The van der Waals surface area contributed by atoms with Crippen molar-refractivity contribution < 1.29 is 9.53 Å². The molecule has 0 aliphatic carbocycles. The Hall–Kier alpha value is -2.16. The summed E-state index contributed by atoms with van der Waals surface area (Å²) in [6.45, 7) is 3.90. The molecule has 0 aromatic heterocycles. The molecule has 3 heteroatoms.